The maximum absolute atomic E-state index is 12.2. The van der Waals surface area contributed by atoms with Gasteiger partial charge in [0.05, 0.1) is 5.37 Å². The Morgan fingerprint density at radius 1 is 1.33 bits per heavy atom. The molecule has 1 N–H and O–H groups in total. The van der Waals surface area contributed by atoms with Gasteiger partial charge in [0.1, 0.15) is 6.04 Å². The minimum atomic E-state index is -0.874. The van der Waals surface area contributed by atoms with Crippen LogP contribution in [0.2, 0.25) is 0 Å². The number of carbonyl (C=O) groups excluding carboxylic acids is 1. The van der Waals surface area contributed by atoms with Gasteiger partial charge in [-0.15, -0.1) is 11.8 Å². The first-order valence-electron chi connectivity index (χ1n) is 6.75. The van der Waals surface area contributed by atoms with Gasteiger partial charge in [0.25, 0.3) is 0 Å². The SMILES string of the molecule is CC1SCC(C(=O)O)N1C(=O)CCC1CCCC1. The van der Waals surface area contributed by atoms with E-state index in [4.69, 9.17) is 5.11 Å². The molecule has 2 atom stereocenters. The summed E-state index contributed by atoms with van der Waals surface area (Å²) in [4.78, 5) is 24.9. The van der Waals surface area contributed by atoms with Crippen molar-refractivity contribution in [3.8, 4) is 0 Å². The average molecular weight is 271 g/mol. The van der Waals surface area contributed by atoms with E-state index in [9.17, 15) is 9.59 Å². The quantitative estimate of drug-likeness (QED) is 0.852. The summed E-state index contributed by atoms with van der Waals surface area (Å²) in [7, 11) is 0. The lowest BCUT2D eigenvalue weighted by Gasteiger charge is -2.25. The standard InChI is InChI=1S/C13H21NO3S/c1-9-14(11(8-18-9)13(16)17)12(15)7-6-10-4-2-3-5-10/h9-11H,2-8H2,1H3,(H,16,17). The van der Waals surface area contributed by atoms with Crippen LogP contribution in [0.5, 0.6) is 0 Å². The van der Waals surface area contributed by atoms with Gasteiger partial charge in [-0.25, -0.2) is 4.79 Å². The summed E-state index contributed by atoms with van der Waals surface area (Å²) >= 11 is 1.55. The molecule has 2 aliphatic rings. The van der Waals surface area contributed by atoms with Crippen LogP contribution >= 0.6 is 11.8 Å². The highest BCUT2D eigenvalue weighted by Crippen LogP contribution is 2.32. The van der Waals surface area contributed by atoms with Crippen molar-refractivity contribution in [1.29, 1.82) is 0 Å². The van der Waals surface area contributed by atoms with Crippen LogP contribution in [0.4, 0.5) is 0 Å². The average Bonchev–Trinajstić information content (AvgIpc) is 2.94. The maximum Gasteiger partial charge on any atom is 0.327 e. The summed E-state index contributed by atoms with van der Waals surface area (Å²) < 4.78 is 0. The van der Waals surface area contributed by atoms with Gasteiger partial charge in [-0.1, -0.05) is 25.7 Å². The fourth-order valence-corrected chi connectivity index (χ4v) is 4.16. The highest BCUT2D eigenvalue weighted by Gasteiger charge is 2.39. The molecule has 2 fully saturated rings. The molecule has 5 heteroatoms. The lowest BCUT2D eigenvalue weighted by molar-refractivity contribution is -0.149. The molecule has 1 aliphatic carbocycles. The van der Waals surface area contributed by atoms with E-state index in [0.29, 0.717) is 18.1 Å². The Labute approximate surface area is 112 Å². The normalized spacial score (nSPS) is 28.8. The Morgan fingerprint density at radius 3 is 2.61 bits per heavy atom. The Balaban J connectivity index is 1.87. The Kier molecular flexibility index (Phi) is 4.54. The number of nitrogens with zero attached hydrogens (tertiary/aromatic N) is 1. The van der Waals surface area contributed by atoms with E-state index in [1.807, 2.05) is 6.92 Å². The van der Waals surface area contributed by atoms with E-state index >= 15 is 0 Å². The third kappa shape index (κ3) is 2.99. The Morgan fingerprint density at radius 2 is 2.00 bits per heavy atom. The minimum absolute atomic E-state index is 0.00202. The number of rotatable bonds is 4. The van der Waals surface area contributed by atoms with Crippen molar-refractivity contribution in [2.75, 3.05) is 5.75 Å². The van der Waals surface area contributed by atoms with Crippen molar-refractivity contribution < 1.29 is 14.7 Å². The van der Waals surface area contributed by atoms with Crippen molar-refractivity contribution in [2.45, 2.75) is 56.9 Å². The number of amides is 1. The van der Waals surface area contributed by atoms with Crippen molar-refractivity contribution in [3.63, 3.8) is 0 Å². The fraction of sp³-hybridized carbons (Fsp3) is 0.846. The molecule has 1 saturated carbocycles. The molecule has 1 amide bonds. The summed E-state index contributed by atoms with van der Waals surface area (Å²) in [6.45, 7) is 1.92. The van der Waals surface area contributed by atoms with Gasteiger partial charge >= 0.3 is 5.97 Å². The monoisotopic (exact) mass is 271 g/mol. The van der Waals surface area contributed by atoms with Gasteiger partial charge in [0.15, 0.2) is 0 Å². The molecule has 2 unspecified atom stereocenters. The van der Waals surface area contributed by atoms with Crippen LogP contribution in [0, 0.1) is 5.92 Å². The summed E-state index contributed by atoms with van der Waals surface area (Å²) in [6, 6.07) is -0.624. The van der Waals surface area contributed by atoms with Crippen molar-refractivity contribution in [3.05, 3.63) is 0 Å². The second kappa shape index (κ2) is 5.95. The molecule has 2 rings (SSSR count). The van der Waals surface area contributed by atoms with E-state index in [1.54, 1.807) is 16.7 Å². The number of hydrogen-bond donors (Lipinski definition) is 1. The van der Waals surface area contributed by atoms with E-state index in [1.165, 1.54) is 25.7 Å². The van der Waals surface area contributed by atoms with Gasteiger partial charge in [0, 0.05) is 12.2 Å². The summed E-state index contributed by atoms with van der Waals surface area (Å²) in [5.41, 5.74) is 0. The number of hydrogen-bond acceptors (Lipinski definition) is 3. The van der Waals surface area contributed by atoms with Crippen LogP contribution in [-0.4, -0.2) is 39.1 Å². The van der Waals surface area contributed by atoms with Crippen molar-refractivity contribution in [1.82, 2.24) is 4.90 Å². The Hall–Kier alpha value is -0.710. The number of thioether (sulfide) groups is 1. The van der Waals surface area contributed by atoms with Crippen LogP contribution in [0.25, 0.3) is 0 Å². The summed E-state index contributed by atoms with van der Waals surface area (Å²) in [5.74, 6) is 0.349. The summed E-state index contributed by atoms with van der Waals surface area (Å²) in [6.07, 6.45) is 6.48. The molecule has 0 bridgehead atoms. The number of carboxylic acids is 1. The van der Waals surface area contributed by atoms with E-state index < -0.39 is 12.0 Å². The lowest BCUT2D eigenvalue weighted by atomic mass is 10.0. The van der Waals surface area contributed by atoms with E-state index in [-0.39, 0.29) is 11.3 Å². The van der Waals surface area contributed by atoms with Gasteiger partial charge in [-0.3, -0.25) is 4.79 Å². The van der Waals surface area contributed by atoms with Crippen LogP contribution in [0.3, 0.4) is 0 Å². The smallest absolute Gasteiger partial charge is 0.327 e. The molecule has 0 aromatic heterocycles. The van der Waals surface area contributed by atoms with Crippen LogP contribution in [0.1, 0.15) is 45.4 Å². The van der Waals surface area contributed by atoms with Crippen LogP contribution < -0.4 is 0 Å². The zero-order chi connectivity index (χ0) is 13.1. The first kappa shape index (κ1) is 13.7. The number of carboxylic acid groups (broad SMARTS) is 1. The minimum Gasteiger partial charge on any atom is -0.480 e. The predicted octanol–water partition coefficient (Wildman–Crippen LogP) is 2.33. The highest BCUT2D eigenvalue weighted by atomic mass is 32.2. The molecule has 1 aliphatic heterocycles. The predicted molar refractivity (Wildman–Crippen MR) is 71.4 cm³/mol. The molecular weight excluding hydrogens is 250 g/mol. The molecule has 1 saturated heterocycles. The molecule has 0 spiro atoms. The highest BCUT2D eigenvalue weighted by molar-refractivity contribution is 8.00. The van der Waals surface area contributed by atoms with Gasteiger partial charge in [0.2, 0.25) is 5.91 Å². The number of carbonyl (C=O) groups is 2. The lowest BCUT2D eigenvalue weighted by Crippen LogP contribution is -2.44. The molecule has 1 heterocycles. The molecule has 0 aromatic carbocycles. The van der Waals surface area contributed by atoms with Crippen molar-refractivity contribution in [2.24, 2.45) is 5.92 Å². The molecule has 0 aromatic rings. The molecule has 102 valence electrons. The maximum atomic E-state index is 12.2. The van der Waals surface area contributed by atoms with Gasteiger partial charge < -0.3 is 10.0 Å². The molecule has 4 nitrogen and oxygen atoms in total. The fourth-order valence-electron chi connectivity index (χ4n) is 2.97. The largest absolute Gasteiger partial charge is 0.480 e. The second-order valence-corrected chi connectivity index (χ2v) is 6.63. The molecule has 18 heavy (non-hydrogen) atoms. The first-order valence-corrected chi connectivity index (χ1v) is 7.80. The van der Waals surface area contributed by atoms with Crippen LogP contribution in [0.15, 0.2) is 0 Å². The zero-order valence-electron chi connectivity index (χ0n) is 10.8. The van der Waals surface area contributed by atoms with E-state index in [2.05, 4.69) is 0 Å². The molecular formula is C13H21NO3S. The van der Waals surface area contributed by atoms with Gasteiger partial charge in [-0.2, -0.15) is 0 Å². The van der Waals surface area contributed by atoms with Gasteiger partial charge in [-0.05, 0) is 19.3 Å². The zero-order valence-corrected chi connectivity index (χ0v) is 11.6. The topological polar surface area (TPSA) is 57.6 Å². The second-order valence-electron chi connectivity index (χ2n) is 5.28. The van der Waals surface area contributed by atoms with Crippen LogP contribution in [-0.2, 0) is 9.59 Å². The van der Waals surface area contributed by atoms with Crippen molar-refractivity contribution >= 4 is 23.6 Å². The van der Waals surface area contributed by atoms with E-state index in [0.717, 1.165) is 6.42 Å². The third-order valence-electron chi connectivity index (χ3n) is 4.04. The third-order valence-corrected chi connectivity index (χ3v) is 5.25. The number of aliphatic carboxylic acids is 1. The summed E-state index contributed by atoms with van der Waals surface area (Å²) in [5, 5.41) is 9.12. The first-order chi connectivity index (χ1) is 8.59. The molecule has 0 radical (unpaired) electrons. The Bertz CT molecular complexity index is 328.